The van der Waals surface area contributed by atoms with E-state index in [0.717, 1.165) is 28.7 Å². The summed E-state index contributed by atoms with van der Waals surface area (Å²) in [6.45, 7) is 2.60. The molecular formula is C22H24N4O3S2. The van der Waals surface area contributed by atoms with Crippen molar-refractivity contribution in [2.24, 2.45) is 0 Å². The van der Waals surface area contributed by atoms with Gasteiger partial charge in [0.2, 0.25) is 11.0 Å². The van der Waals surface area contributed by atoms with Gasteiger partial charge in [-0.2, -0.15) is 0 Å². The number of benzene rings is 2. The summed E-state index contributed by atoms with van der Waals surface area (Å²) < 4.78 is 6.35. The van der Waals surface area contributed by atoms with E-state index in [4.69, 9.17) is 4.74 Å². The molecule has 0 aliphatic rings. The smallest absolute Gasteiger partial charge is 0.251 e. The average Bonchev–Trinajstić information content (AvgIpc) is 3.24. The SMILES string of the molecule is CCCCOc1ccc(C(=O)NCC(=O)Nc2nnc(SCc3ccccc3)s2)cc1. The summed E-state index contributed by atoms with van der Waals surface area (Å²) in [5, 5.41) is 13.7. The highest BCUT2D eigenvalue weighted by molar-refractivity contribution is 8.00. The summed E-state index contributed by atoms with van der Waals surface area (Å²) >= 11 is 2.86. The maximum atomic E-state index is 12.2. The molecule has 1 aromatic heterocycles. The molecule has 9 heteroatoms. The lowest BCUT2D eigenvalue weighted by Gasteiger charge is -2.07. The monoisotopic (exact) mass is 456 g/mol. The van der Waals surface area contributed by atoms with Crippen LogP contribution in [0.3, 0.4) is 0 Å². The number of hydrogen-bond donors (Lipinski definition) is 2. The van der Waals surface area contributed by atoms with Gasteiger partial charge < -0.3 is 10.1 Å². The topological polar surface area (TPSA) is 93.2 Å². The molecule has 3 rings (SSSR count). The number of thioether (sulfide) groups is 1. The van der Waals surface area contributed by atoms with Gasteiger partial charge in [0, 0.05) is 11.3 Å². The lowest BCUT2D eigenvalue weighted by molar-refractivity contribution is -0.115. The second-order valence-electron chi connectivity index (χ2n) is 6.60. The second-order valence-corrected chi connectivity index (χ2v) is 8.80. The number of aromatic nitrogens is 2. The highest BCUT2D eigenvalue weighted by atomic mass is 32.2. The Morgan fingerprint density at radius 3 is 2.58 bits per heavy atom. The first-order valence-corrected chi connectivity index (χ1v) is 11.8. The van der Waals surface area contributed by atoms with Gasteiger partial charge in [0.1, 0.15) is 5.75 Å². The Morgan fingerprint density at radius 2 is 1.84 bits per heavy atom. The van der Waals surface area contributed by atoms with E-state index in [9.17, 15) is 9.59 Å². The summed E-state index contributed by atoms with van der Waals surface area (Å²) in [6, 6.07) is 16.9. The molecule has 2 amide bonds. The van der Waals surface area contributed by atoms with Gasteiger partial charge in [-0.25, -0.2) is 0 Å². The van der Waals surface area contributed by atoms with Crippen LogP contribution in [0.4, 0.5) is 5.13 Å². The standard InChI is InChI=1S/C22H24N4O3S2/c1-2-3-13-29-18-11-9-17(10-12-18)20(28)23-14-19(27)24-21-25-26-22(31-21)30-15-16-7-5-4-6-8-16/h4-12H,2-3,13-15H2,1H3,(H,23,28)(H,24,25,27). The third-order valence-corrected chi connectivity index (χ3v) is 6.19. The fourth-order valence-electron chi connectivity index (χ4n) is 2.50. The summed E-state index contributed by atoms with van der Waals surface area (Å²) in [7, 11) is 0. The van der Waals surface area contributed by atoms with Crippen LogP contribution in [0.5, 0.6) is 5.75 Å². The van der Waals surface area contributed by atoms with Crippen LogP contribution >= 0.6 is 23.1 Å². The molecule has 31 heavy (non-hydrogen) atoms. The quantitative estimate of drug-likeness (QED) is 0.253. The van der Waals surface area contributed by atoms with Crippen molar-refractivity contribution in [3.05, 3.63) is 65.7 Å². The molecule has 0 aliphatic carbocycles. The molecule has 0 spiro atoms. The van der Waals surface area contributed by atoms with E-state index in [1.165, 1.54) is 16.9 Å². The Labute approximate surface area is 189 Å². The fourth-order valence-corrected chi connectivity index (χ4v) is 4.22. The van der Waals surface area contributed by atoms with Crippen molar-refractivity contribution in [3.8, 4) is 5.75 Å². The summed E-state index contributed by atoms with van der Waals surface area (Å²) in [6.07, 6.45) is 2.05. The zero-order valence-corrected chi connectivity index (χ0v) is 18.8. The summed E-state index contributed by atoms with van der Waals surface area (Å²) in [4.78, 5) is 24.4. The van der Waals surface area contributed by atoms with E-state index >= 15 is 0 Å². The minimum absolute atomic E-state index is 0.153. The molecule has 0 fully saturated rings. The van der Waals surface area contributed by atoms with Gasteiger partial charge in [-0.05, 0) is 36.2 Å². The van der Waals surface area contributed by atoms with Crippen LogP contribution < -0.4 is 15.4 Å². The van der Waals surface area contributed by atoms with Crippen molar-refractivity contribution >= 4 is 40.0 Å². The number of hydrogen-bond acceptors (Lipinski definition) is 7. The molecule has 0 bridgehead atoms. The summed E-state index contributed by atoms with van der Waals surface area (Å²) in [5.41, 5.74) is 1.66. The summed E-state index contributed by atoms with van der Waals surface area (Å²) in [5.74, 6) is 0.817. The van der Waals surface area contributed by atoms with Crippen molar-refractivity contribution in [2.45, 2.75) is 29.9 Å². The molecule has 2 aromatic carbocycles. The van der Waals surface area contributed by atoms with E-state index in [0.29, 0.717) is 17.3 Å². The highest BCUT2D eigenvalue weighted by Crippen LogP contribution is 2.28. The number of anilines is 1. The fraction of sp³-hybridized carbons (Fsp3) is 0.273. The Morgan fingerprint density at radius 1 is 1.06 bits per heavy atom. The average molecular weight is 457 g/mol. The second kappa shape index (κ2) is 12.1. The molecule has 7 nitrogen and oxygen atoms in total. The number of nitrogens with one attached hydrogen (secondary N) is 2. The third-order valence-electron chi connectivity index (χ3n) is 4.15. The van der Waals surface area contributed by atoms with Crippen molar-refractivity contribution in [3.63, 3.8) is 0 Å². The molecule has 1 heterocycles. The Balaban J connectivity index is 1.40. The van der Waals surface area contributed by atoms with Crippen LogP contribution in [0.2, 0.25) is 0 Å². The lowest BCUT2D eigenvalue weighted by Crippen LogP contribution is -2.32. The highest BCUT2D eigenvalue weighted by Gasteiger charge is 2.11. The van der Waals surface area contributed by atoms with E-state index in [-0.39, 0.29) is 18.4 Å². The van der Waals surface area contributed by atoms with Gasteiger partial charge in [0.15, 0.2) is 4.34 Å². The molecule has 162 valence electrons. The molecule has 0 saturated carbocycles. The molecule has 0 aliphatic heterocycles. The number of rotatable bonds is 11. The van der Waals surface area contributed by atoms with E-state index < -0.39 is 0 Å². The number of unbranched alkanes of at least 4 members (excludes halogenated alkanes) is 1. The largest absolute Gasteiger partial charge is 0.494 e. The van der Waals surface area contributed by atoms with Crippen LogP contribution in [0, 0.1) is 0 Å². The zero-order valence-electron chi connectivity index (χ0n) is 17.2. The van der Waals surface area contributed by atoms with Crippen LogP contribution in [0.15, 0.2) is 58.9 Å². The van der Waals surface area contributed by atoms with E-state index in [1.54, 1.807) is 36.0 Å². The molecule has 0 atom stereocenters. The number of carbonyl (C=O) groups is 2. The van der Waals surface area contributed by atoms with Gasteiger partial charge in [-0.1, -0.05) is 66.8 Å². The third kappa shape index (κ3) is 7.69. The van der Waals surface area contributed by atoms with Crippen LogP contribution in [0.25, 0.3) is 0 Å². The lowest BCUT2D eigenvalue weighted by atomic mass is 10.2. The minimum atomic E-state index is -0.358. The Kier molecular flexibility index (Phi) is 8.86. The van der Waals surface area contributed by atoms with Gasteiger partial charge >= 0.3 is 0 Å². The Hall–Kier alpha value is -2.91. The number of nitrogens with zero attached hydrogens (tertiary/aromatic N) is 2. The van der Waals surface area contributed by atoms with Crippen molar-refractivity contribution in [2.75, 3.05) is 18.5 Å². The number of carbonyl (C=O) groups excluding carboxylic acids is 2. The first-order chi connectivity index (χ1) is 15.1. The maximum absolute atomic E-state index is 12.2. The first kappa shape index (κ1) is 22.8. The molecule has 0 saturated heterocycles. The first-order valence-electron chi connectivity index (χ1n) is 9.95. The molecule has 0 unspecified atom stereocenters. The number of amides is 2. The van der Waals surface area contributed by atoms with Crippen molar-refractivity contribution in [1.29, 1.82) is 0 Å². The van der Waals surface area contributed by atoms with Gasteiger partial charge in [-0.3, -0.25) is 14.9 Å². The normalized spacial score (nSPS) is 10.5. The van der Waals surface area contributed by atoms with E-state index in [1.807, 2.05) is 30.3 Å². The van der Waals surface area contributed by atoms with Gasteiger partial charge in [0.05, 0.1) is 13.2 Å². The van der Waals surface area contributed by atoms with Crippen molar-refractivity contribution < 1.29 is 14.3 Å². The van der Waals surface area contributed by atoms with Crippen LogP contribution in [0.1, 0.15) is 35.7 Å². The maximum Gasteiger partial charge on any atom is 0.251 e. The Bertz CT molecular complexity index is 978. The van der Waals surface area contributed by atoms with Crippen LogP contribution in [-0.4, -0.2) is 35.2 Å². The van der Waals surface area contributed by atoms with Gasteiger partial charge in [-0.15, -0.1) is 10.2 Å². The predicted octanol–water partition coefficient (Wildman–Crippen LogP) is 4.38. The zero-order chi connectivity index (χ0) is 21.9. The molecular weight excluding hydrogens is 432 g/mol. The van der Waals surface area contributed by atoms with Gasteiger partial charge in [0.25, 0.3) is 5.91 Å². The van der Waals surface area contributed by atoms with Crippen LogP contribution in [-0.2, 0) is 10.5 Å². The molecule has 3 aromatic rings. The molecule has 2 N–H and O–H groups in total. The predicted molar refractivity (Wildman–Crippen MR) is 124 cm³/mol. The number of ether oxygens (including phenoxy) is 1. The van der Waals surface area contributed by atoms with E-state index in [2.05, 4.69) is 27.8 Å². The minimum Gasteiger partial charge on any atom is -0.494 e. The molecule has 0 radical (unpaired) electrons. The van der Waals surface area contributed by atoms with Crippen molar-refractivity contribution in [1.82, 2.24) is 15.5 Å².